The lowest BCUT2D eigenvalue weighted by Crippen LogP contribution is -2.44. The fourth-order valence-electron chi connectivity index (χ4n) is 1.41. The zero-order valence-corrected chi connectivity index (χ0v) is 11.0. The number of amides is 2. The van der Waals surface area contributed by atoms with Crippen molar-refractivity contribution in [1.82, 2.24) is 10.6 Å². The highest BCUT2D eigenvalue weighted by atomic mass is 16.4. The molecule has 0 aromatic heterocycles. The number of carboxylic acids is 1. The first kappa shape index (κ1) is 15.4. The van der Waals surface area contributed by atoms with Crippen LogP contribution in [0, 0.1) is 0 Å². The lowest BCUT2D eigenvalue weighted by atomic mass is 10.2. The second-order valence-electron chi connectivity index (χ2n) is 4.11. The van der Waals surface area contributed by atoms with Gasteiger partial charge in [-0.15, -0.1) is 0 Å². The van der Waals surface area contributed by atoms with Crippen molar-refractivity contribution in [2.45, 2.75) is 19.5 Å². The number of carbonyl (C=O) groups excluding carboxylic acids is 2. The Morgan fingerprint density at radius 1 is 1.20 bits per heavy atom. The Kier molecular flexibility index (Phi) is 5.96. The lowest BCUT2D eigenvalue weighted by molar-refractivity contribution is -0.131. The van der Waals surface area contributed by atoms with Crippen molar-refractivity contribution in [2.75, 3.05) is 0 Å². The molecule has 1 aromatic rings. The van der Waals surface area contributed by atoms with E-state index in [1.807, 2.05) is 30.3 Å². The zero-order chi connectivity index (χ0) is 15.0. The molecule has 0 spiro atoms. The smallest absolute Gasteiger partial charge is 0.328 e. The standard InChI is InChI=1S/C14H16N2O4/c1-10(16-12(17)7-8-13(18)19)14(20)15-9-11-5-3-2-4-6-11/h2-8,10H,9H2,1H3,(H,15,20)(H,16,17)(H,18,19)/t10-/m0/s1. The molecule has 0 aliphatic carbocycles. The summed E-state index contributed by atoms with van der Waals surface area (Å²) in [6.07, 6.45) is 1.58. The second kappa shape index (κ2) is 7.73. The molecule has 6 heteroatoms. The maximum absolute atomic E-state index is 11.7. The van der Waals surface area contributed by atoms with Crippen LogP contribution in [0.4, 0.5) is 0 Å². The van der Waals surface area contributed by atoms with Crippen molar-refractivity contribution in [3.63, 3.8) is 0 Å². The quantitative estimate of drug-likeness (QED) is 0.657. The third-order valence-electron chi connectivity index (χ3n) is 2.44. The first-order chi connectivity index (χ1) is 9.49. The Bertz CT molecular complexity index is 511. The summed E-state index contributed by atoms with van der Waals surface area (Å²) < 4.78 is 0. The van der Waals surface area contributed by atoms with Crippen LogP contribution in [0.5, 0.6) is 0 Å². The van der Waals surface area contributed by atoms with Gasteiger partial charge in [0.2, 0.25) is 11.8 Å². The molecule has 0 fully saturated rings. The molecule has 0 unspecified atom stereocenters. The molecule has 0 saturated heterocycles. The van der Waals surface area contributed by atoms with Crippen LogP contribution in [0.25, 0.3) is 0 Å². The predicted molar refractivity (Wildman–Crippen MR) is 72.7 cm³/mol. The van der Waals surface area contributed by atoms with E-state index in [9.17, 15) is 14.4 Å². The first-order valence-electron chi connectivity index (χ1n) is 6.02. The number of carbonyl (C=O) groups is 3. The summed E-state index contributed by atoms with van der Waals surface area (Å²) in [5, 5.41) is 13.4. The van der Waals surface area contributed by atoms with Gasteiger partial charge in [-0.1, -0.05) is 30.3 Å². The van der Waals surface area contributed by atoms with Gasteiger partial charge in [-0.2, -0.15) is 0 Å². The maximum atomic E-state index is 11.7. The molecule has 0 saturated carbocycles. The van der Waals surface area contributed by atoms with Crippen molar-refractivity contribution in [3.05, 3.63) is 48.0 Å². The molecule has 20 heavy (non-hydrogen) atoms. The van der Waals surface area contributed by atoms with Gasteiger partial charge in [0.15, 0.2) is 0 Å². The van der Waals surface area contributed by atoms with Crippen LogP contribution in [0.15, 0.2) is 42.5 Å². The van der Waals surface area contributed by atoms with E-state index in [0.717, 1.165) is 11.6 Å². The zero-order valence-electron chi connectivity index (χ0n) is 11.0. The van der Waals surface area contributed by atoms with Crippen LogP contribution >= 0.6 is 0 Å². The number of aliphatic carboxylic acids is 1. The van der Waals surface area contributed by atoms with Gasteiger partial charge in [-0.25, -0.2) is 4.79 Å². The predicted octanol–water partition coefficient (Wildman–Crippen LogP) is 0.448. The van der Waals surface area contributed by atoms with Crippen LogP contribution < -0.4 is 10.6 Å². The summed E-state index contributed by atoms with van der Waals surface area (Å²) in [4.78, 5) is 33.3. The Labute approximate surface area is 116 Å². The van der Waals surface area contributed by atoms with Crippen molar-refractivity contribution < 1.29 is 19.5 Å². The first-order valence-corrected chi connectivity index (χ1v) is 6.02. The number of nitrogens with one attached hydrogen (secondary N) is 2. The number of carboxylic acid groups (broad SMARTS) is 1. The van der Waals surface area contributed by atoms with Gasteiger partial charge in [0.05, 0.1) is 0 Å². The average molecular weight is 276 g/mol. The molecule has 0 heterocycles. The minimum atomic E-state index is -1.22. The highest BCUT2D eigenvalue weighted by Crippen LogP contribution is 1.97. The fourth-order valence-corrected chi connectivity index (χ4v) is 1.41. The van der Waals surface area contributed by atoms with Gasteiger partial charge in [-0.3, -0.25) is 9.59 Å². The average Bonchev–Trinajstić information content (AvgIpc) is 2.43. The molecule has 1 rings (SSSR count). The molecule has 3 N–H and O–H groups in total. The van der Waals surface area contributed by atoms with Crippen molar-refractivity contribution in [2.24, 2.45) is 0 Å². The van der Waals surface area contributed by atoms with Crippen LogP contribution in [0.2, 0.25) is 0 Å². The van der Waals surface area contributed by atoms with E-state index in [2.05, 4.69) is 10.6 Å². The maximum Gasteiger partial charge on any atom is 0.328 e. The minimum Gasteiger partial charge on any atom is -0.478 e. The Morgan fingerprint density at radius 3 is 2.45 bits per heavy atom. The summed E-state index contributed by atoms with van der Waals surface area (Å²) in [6, 6.07) is 8.61. The lowest BCUT2D eigenvalue weighted by Gasteiger charge is -2.12. The molecule has 1 atom stereocenters. The molecule has 0 aliphatic rings. The fraction of sp³-hybridized carbons (Fsp3) is 0.214. The number of rotatable bonds is 6. The van der Waals surface area contributed by atoms with Crippen LogP contribution in [-0.4, -0.2) is 28.9 Å². The summed E-state index contributed by atoms with van der Waals surface area (Å²) in [6.45, 7) is 1.89. The van der Waals surface area contributed by atoms with Gasteiger partial charge in [0, 0.05) is 18.7 Å². The largest absolute Gasteiger partial charge is 0.478 e. The van der Waals surface area contributed by atoms with Crippen molar-refractivity contribution in [3.8, 4) is 0 Å². The Hall–Kier alpha value is -2.63. The van der Waals surface area contributed by atoms with E-state index in [0.29, 0.717) is 12.6 Å². The monoisotopic (exact) mass is 276 g/mol. The molecule has 0 bridgehead atoms. The highest BCUT2D eigenvalue weighted by molar-refractivity contribution is 5.96. The van der Waals surface area contributed by atoms with E-state index in [1.54, 1.807) is 0 Å². The van der Waals surface area contributed by atoms with Gasteiger partial charge in [-0.05, 0) is 12.5 Å². The number of hydrogen-bond donors (Lipinski definition) is 3. The molecule has 0 radical (unpaired) electrons. The van der Waals surface area contributed by atoms with E-state index in [1.165, 1.54) is 6.92 Å². The summed E-state index contributed by atoms with van der Waals surface area (Å²) in [5.74, 6) is -2.19. The van der Waals surface area contributed by atoms with E-state index < -0.39 is 17.9 Å². The van der Waals surface area contributed by atoms with E-state index in [-0.39, 0.29) is 5.91 Å². The normalized spacial score (nSPS) is 11.8. The number of hydrogen-bond acceptors (Lipinski definition) is 3. The highest BCUT2D eigenvalue weighted by Gasteiger charge is 2.13. The van der Waals surface area contributed by atoms with Gasteiger partial charge in [0.1, 0.15) is 6.04 Å². The molecule has 1 aromatic carbocycles. The van der Waals surface area contributed by atoms with Crippen LogP contribution in [-0.2, 0) is 20.9 Å². The molecule has 0 aliphatic heterocycles. The van der Waals surface area contributed by atoms with E-state index >= 15 is 0 Å². The summed E-state index contributed by atoms with van der Waals surface area (Å²) in [5.41, 5.74) is 0.949. The van der Waals surface area contributed by atoms with Crippen molar-refractivity contribution >= 4 is 17.8 Å². The minimum absolute atomic E-state index is 0.342. The van der Waals surface area contributed by atoms with E-state index in [4.69, 9.17) is 5.11 Å². The third kappa shape index (κ3) is 5.81. The van der Waals surface area contributed by atoms with Crippen LogP contribution in [0.3, 0.4) is 0 Å². The summed E-state index contributed by atoms with van der Waals surface area (Å²) in [7, 11) is 0. The third-order valence-corrected chi connectivity index (χ3v) is 2.44. The van der Waals surface area contributed by atoms with Crippen molar-refractivity contribution in [1.29, 1.82) is 0 Å². The molecule has 6 nitrogen and oxygen atoms in total. The topological polar surface area (TPSA) is 95.5 Å². The molecule has 106 valence electrons. The molecular formula is C14H16N2O4. The van der Waals surface area contributed by atoms with Crippen LogP contribution in [0.1, 0.15) is 12.5 Å². The molecule has 2 amide bonds. The second-order valence-corrected chi connectivity index (χ2v) is 4.11. The number of benzene rings is 1. The SMILES string of the molecule is C[C@H](NC(=O)C=CC(=O)O)C(=O)NCc1ccccc1. The Balaban J connectivity index is 2.39. The summed E-state index contributed by atoms with van der Waals surface area (Å²) >= 11 is 0. The Morgan fingerprint density at radius 2 is 1.85 bits per heavy atom. The van der Waals surface area contributed by atoms with Gasteiger partial charge >= 0.3 is 5.97 Å². The molecular weight excluding hydrogens is 260 g/mol. The van der Waals surface area contributed by atoms with Gasteiger partial charge in [0.25, 0.3) is 0 Å². The van der Waals surface area contributed by atoms with Gasteiger partial charge < -0.3 is 15.7 Å².